The Morgan fingerprint density at radius 3 is 2.46 bits per heavy atom. The Morgan fingerprint density at radius 1 is 1.04 bits per heavy atom. The van der Waals surface area contributed by atoms with E-state index >= 15 is 0 Å². The topological polar surface area (TPSA) is 102 Å². The van der Waals surface area contributed by atoms with Gasteiger partial charge in [0.05, 0.1) is 17.7 Å². The second-order valence-electron chi connectivity index (χ2n) is 15.2. The fourth-order valence-electron chi connectivity index (χ4n) is 8.65. The van der Waals surface area contributed by atoms with Crippen LogP contribution in [-0.4, -0.2) is 107 Å². The standard InChI is InChI=1S/C38H47F3N8O2S/c1-5-52(50,51)49-15-14-46(20-27(49)3)26(2)21-48-31(19-42)17-32-28(4)30(7-9-35(32)48)22-45-12-10-37(11-13-45)23-47(24-37)36-33-16-29(18-38(39,40)41)6-8-34(33)43-25-44-36/h6-9,16-17,25-27H,5,10-15,18,20-24H2,1-4H3/t26-,27+/m0/s1. The Labute approximate surface area is 303 Å². The number of rotatable bonds is 9. The van der Waals surface area contributed by atoms with Crippen molar-refractivity contribution < 1.29 is 21.6 Å². The SMILES string of the molecule is CCS(=O)(=O)N1CCN([C@@H](C)Cn2c(C#N)cc3c(C)c(CN4CCC5(CC4)CN(c4ncnc6ccc(CC(F)(F)F)cc46)C5)ccc32)C[C@H]1C. The lowest BCUT2D eigenvalue weighted by Gasteiger charge is -2.54. The number of nitrogens with zero attached hydrogens (tertiary/aromatic N) is 8. The van der Waals surface area contributed by atoms with Crippen molar-refractivity contribution >= 4 is 37.6 Å². The summed E-state index contributed by atoms with van der Waals surface area (Å²) in [6, 6.07) is 13.5. The van der Waals surface area contributed by atoms with Crippen molar-refractivity contribution in [1.29, 1.82) is 5.26 Å². The number of aryl methyl sites for hydroxylation is 1. The number of halogens is 3. The minimum Gasteiger partial charge on any atom is -0.355 e. The van der Waals surface area contributed by atoms with E-state index in [-0.39, 0.29) is 28.8 Å². The van der Waals surface area contributed by atoms with Gasteiger partial charge in [-0.1, -0.05) is 12.1 Å². The molecule has 14 heteroatoms. The van der Waals surface area contributed by atoms with E-state index in [0.29, 0.717) is 48.6 Å². The first kappa shape index (κ1) is 36.6. The lowest BCUT2D eigenvalue weighted by atomic mass is 9.72. The number of sulfonamides is 1. The summed E-state index contributed by atoms with van der Waals surface area (Å²) in [5.41, 5.74) is 5.14. The molecule has 0 aliphatic carbocycles. The molecular formula is C38H47F3N8O2S. The predicted octanol–water partition coefficient (Wildman–Crippen LogP) is 5.72. The van der Waals surface area contributed by atoms with Crippen LogP contribution in [0.1, 0.15) is 56.0 Å². The predicted molar refractivity (Wildman–Crippen MR) is 197 cm³/mol. The molecule has 4 aromatic rings. The number of piperidine rings is 1. The molecule has 52 heavy (non-hydrogen) atoms. The summed E-state index contributed by atoms with van der Waals surface area (Å²) in [6.45, 7) is 14.8. The van der Waals surface area contributed by atoms with Gasteiger partial charge in [-0.15, -0.1) is 0 Å². The Kier molecular flexibility index (Phi) is 9.78. The fourth-order valence-corrected chi connectivity index (χ4v) is 9.96. The lowest BCUT2D eigenvalue weighted by Crippen LogP contribution is -2.60. The van der Waals surface area contributed by atoms with Crippen LogP contribution in [-0.2, 0) is 29.5 Å². The molecule has 7 rings (SSSR count). The van der Waals surface area contributed by atoms with Crippen LogP contribution in [0.25, 0.3) is 21.8 Å². The molecule has 2 aromatic heterocycles. The molecule has 3 aliphatic heterocycles. The molecule has 0 bridgehead atoms. The first-order chi connectivity index (χ1) is 24.7. The number of hydrogen-bond donors (Lipinski definition) is 0. The van der Waals surface area contributed by atoms with E-state index in [2.05, 4.69) is 61.3 Å². The highest BCUT2D eigenvalue weighted by Crippen LogP contribution is 2.44. The molecule has 10 nitrogen and oxygen atoms in total. The third-order valence-corrected chi connectivity index (χ3v) is 13.7. The summed E-state index contributed by atoms with van der Waals surface area (Å²) in [6.07, 6.45) is -1.67. The monoisotopic (exact) mass is 736 g/mol. The molecular weight excluding hydrogens is 690 g/mol. The lowest BCUT2D eigenvalue weighted by molar-refractivity contribution is -0.127. The van der Waals surface area contributed by atoms with Gasteiger partial charge in [0.1, 0.15) is 23.9 Å². The highest BCUT2D eigenvalue weighted by atomic mass is 32.2. The molecule has 5 heterocycles. The van der Waals surface area contributed by atoms with Gasteiger partial charge < -0.3 is 9.47 Å². The second-order valence-corrected chi connectivity index (χ2v) is 17.4. The van der Waals surface area contributed by atoms with Crippen molar-refractivity contribution in [3.8, 4) is 6.07 Å². The average molecular weight is 737 g/mol. The van der Waals surface area contributed by atoms with Gasteiger partial charge in [0.15, 0.2) is 0 Å². The van der Waals surface area contributed by atoms with E-state index < -0.39 is 22.6 Å². The van der Waals surface area contributed by atoms with Gasteiger partial charge in [-0.3, -0.25) is 9.80 Å². The molecule has 0 radical (unpaired) electrons. The maximum atomic E-state index is 13.1. The fraction of sp³-hybridized carbons (Fsp3) is 0.553. The van der Waals surface area contributed by atoms with Gasteiger partial charge in [0.2, 0.25) is 10.0 Å². The summed E-state index contributed by atoms with van der Waals surface area (Å²) in [5.74, 6) is 0.820. The molecule has 2 atom stereocenters. The van der Waals surface area contributed by atoms with Crippen LogP contribution in [0.3, 0.4) is 0 Å². The second kappa shape index (κ2) is 13.9. The summed E-state index contributed by atoms with van der Waals surface area (Å²) < 4.78 is 68.1. The highest BCUT2D eigenvalue weighted by molar-refractivity contribution is 7.89. The van der Waals surface area contributed by atoms with E-state index in [9.17, 15) is 26.9 Å². The van der Waals surface area contributed by atoms with Gasteiger partial charge >= 0.3 is 6.18 Å². The van der Waals surface area contributed by atoms with Crippen molar-refractivity contribution in [1.82, 2.24) is 28.6 Å². The third-order valence-electron chi connectivity index (χ3n) is 11.7. The van der Waals surface area contributed by atoms with E-state index in [1.165, 1.54) is 23.5 Å². The van der Waals surface area contributed by atoms with Crippen LogP contribution in [0, 0.1) is 23.7 Å². The Morgan fingerprint density at radius 2 is 1.79 bits per heavy atom. The van der Waals surface area contributed by atoms with Crippen LogP contribution in [0.5, 0.6) is 0 Å². The molecule has 0 unspecified atom stereocenters. The molecule has 0 N–H and O–H groups in total. The zero-order valence-electron chi connectivity index (χ0n) is 30.3. The van der Waals surface area contributed by atoms with Gasteiger partial charge in [-0.05, 0) is 94.6 Å². The summed E-state index contributed by atoms with van der Waals surface area (Å²) >= 11 is 0. The van der Waals surface area contributed by atoms with Gasteiger partial charge in [0.25, 0.3) is 0 Å². The minimum absolute atomic E-state index is 0.0995. The van der Waals surface area contributed by atoms with Crippen LogP contribution in [0.4, 0.5) is 19.0 Å². The molecule has 3 fully saturated rings. The zero-order valence-corrected chi connectivity index (χ0v) is 31.1. The minimum atomic E-state index is -4.27. The van der Waals surface area contributed by atoms with Gasteiger partial charge in [-0.25, -0.2) is 18.4 Å². The van der Waals surface area contributed by atoms with E-state index in [4.69, 9.17) is 0 Å². The normalized spacial score (nSPS) is 21.1. The smallest absolute Gasteiger partial charge is 0.355 e. The number of piperazine rings is 1. The van der Waals surface area contributed by atoms with Crippen LogP contribution >= 0.6 is 0 Å². The zero-order chi connectivity index (χ0) is 37.0. The number of nitriles is 1. The van der Waals surface area contributed by atoms with Gasteiger partial charge in [0, 0.05) is 79.6 Å². The average Bonchev–Trinajstić information content (AvgIpc) is 3.45. The first-order valence-electron chi connectivity index (χ1n) is 18.2. The maximum Gasteiger partial charge on any atom is 0.393 e. The summed E-state index contributed by atoms with van der Waals surface area (Å²) in [5, 5.41) is 11.9. The molecule has 3 saturated heterocycles. The van der Waals surface area contributed by atoms with Crippen LogP contribution < -0.4 is 4.90 Å². The Balaban J connectivity index is 0.982. The van der Waals surface area contributed by atoms with E-state index in [0.717, 1.165) is 56.5 Å². The number of benzene rings is 2. The van der Waals surface area contributed by atoms with Crippen molar-refractivity contribution in [2.45, 2.75) is 78.3 Å². The number of aromatic nitrogens is 3. The number of likely N-dealkylation sites (tertiary alicyclic amines) is 1. The van der Waals surface area contributed by atoms with Crippen molar-refractivity contribution in [3.05, 3.63) is 65.1 Å². The summed E-state index contributed by atoms with van der Waals surface area (Å²) in [4.78, 5) is 15.8. The maximum absolute atomic E-state index is 13.1. The van der Waals surface area contributed by atoms with Crippen LogP contribution in [0.15, 0.2) is 42.7 Å². The molecule has 2 aromatic carbocycles. The number of hydrogen-bond acceptors (Lipinski definition) is 8. The van der Waals surface area contributed by atoms with Crippen molar-refractivity contribution in [3.63, 3.8) is 0 Å². The number of anilines is 1. The Bertz CT molecular complexity index is 2110. The molecule has 0 amide bonds. The summed E-state index contributed by atoms with van der Waals surface area (Å²) in [7, 11) is -3.24. The van der Waals surface area contributed by atoms with Crippen molar-refractivity contribution in [2.75, 3.05) is 56.5 Å². The van der Waals surface area contributed by atoms with Crippen LogP contribution in [0.2, 0.25) is 0 Å². The Hall–Kier alpha value is -3.77. The molecule has 1 spiro atoms. The molecule has 0 saturated carbocycles. The first-order valence-corrected chi connectivity index (χ1v) is 19.8. The largest absolute Gasteiger partial charge is 0.393 e. The number of fused-ring (bicyclic) bond motifs is 2. The molecule has 3 aliphatic rings. The highest BCUT2D eigenvalue weighted by Gasteiger charge is 2.46. The van der Waals surface area contributed by atoms with Crippen molar-refractivity contribution in [2.24, 2.45) is 5.41 Å². The quantitative estimate of drug-likeness (QED) is 0.215. The third kappa shape index (κ3) is 7.12. The van der Waals surface area contributed by atoms with E-state index in [1.807, 2.05) is 13.0 Å². The molecule has 278 valence electrons. The number of alkyl halides is 3. The van der Waals surface area contributed by atoms with E-state index in [1.54, 1.807) is 23.4 Å². The van der Waals surface area contributed by atoms with Gasteiger partial charge in [-0.2, -0.15) is 22.7 Å².